The Bertz CT molecular complexity index is 479. The van der Waals surface area contributed by atoms with E-state index in [0.29, 0.717) is 5.92 Å². The van der Waals surface area contributed by atoms with E-state index in [-0.39, 0.29) is 5.82 Å². The quantitative estimate of drug-likeness (QED) is 0.474. The van der Waals surface area contributed by atoms with Crippen LogP contribution in [0.3, 0.4) is 0 Å². The molecule has 0 aliphatic heterocycles. The summed E-state index contributed by atoms with van der Waals surface area (Å²) in [5.41, 5.74) is 1.22. The van der Waals surface area contributed by atoms with E-state index in [1.54, 1.807) is 12.1 Å². The summed E-state index contributed by atoms with van der Waals surface area (Å²) < 4.78 is 13.4. The predicted octanol–water partition coefficient (Wildman–Crippen LogP) is 7.49. The molecule has 0 saturated heterocycles. The highest BCUT2D eigenvalue weighted by Gasteiger charge is 2.23. The lowest BCUT2D eigenvalue weighted by Gasteiger charge is -2.29. The van der Waals surface area contributed by atoms with Gasteiger partial charge in [0.05, 0.1) is 0 Å². The fraction of sp³-hybridized carbons (Fsp3) is 0.739. The molecule has 2 saturated carbocycles. The van der Waals surface area contributed by atoms with E-state index in [1.165, 1.54) is 82.6 Å². The first-order valence-electron chi connectivity index (χ1n) is 10.5. The zero-order valence-corrected chi connectivity index (χ0v) is 15.5. The van der Waals surface area contributed by atoms with Crippen LogP contribution < -0.4 is 0 Å². The first-order valence-corrected chi connectivity index (χ1v) is 10.5. The number of unbranched alkanes of at least 4 members (excludes halogenated alkanes) is 1. The Kier molecular flexibility index (Phi) is 6.75. The number of halogens is 1. The monoisotopic (exact) mass is 330 g/mol. The van der Waals surface area contributed by atoms with E-state index < -0.39 is 0 Å². The van der Waals surface area contributed by atoms with Crippen molar-refractivity contribution >= 4 is 0 Å². The normalized spacial score (nSPS) is 31.1. The van der Waals surface area contributed by atoms with Crippen molar-refractivity contribution in [1.29, 1.82) is 0 Å². The summed E-state index contributed by atoms with van der Waals surface area (Å²) in [6.07, 6.45) is 16.9. The maximum atomic E-state index is 13.4. The molecule has 0 nitrogen and oxygen atoms in total. The third kappa shape index (κ3) is 5.33. The summed E-state index contributed by atoms with van der Waals surface area (Å²) in [6, 6.07) is 7.28. The second-order valence-electron chi connectivity index (χ2n) is 8.68. The number of hydrogen-bond acceptors (Lipinski definition) is 0. The Labute approximate surface area is 148 Å². The summed E-state index contributed by atoms with van der Waals surface area (Å²) in [4.78, 5) is 0. The van der Waals surface area contributed by atoms with Gasteiger partial charge in [-0.2, -0.15) is 0 Å². The fourth-order valence-corrected chi connectivity index (χ4v) is 5.03. The molecule has 0 heterocycles. The second-order valence-corrected chi connectivity index (χ2v) is 8.68. The molecule has 0 aromatic heterocycles. The predicted molar refractivity (Wildman–Crippen MR) is 101 cm³/mol. The van der Waals surface area contributed by atoms with Crippen molar-refractivity contribution in [2.75, 3.05) is 0 Å². The Morgan fingerprint density at radius 3 is 2.00 bits per heavy atom. The van der Waals surface area contributed by atoms with Gasteiger partial charge in [-0.25, -0.2) is 4.39 Å². The van der Waals surface area contributed by atoms with Crippen molar-refractivity contribution in [3.63, 3.8) is 0 Å². The zero-order chi connectivity index (χ0) is 16.8. The average molecular weight is 331 g/mol. The van der Waals surface area contributed by atoms with Crippen LogP contribution in [0.15, 0.2) is 24.3 Å². The van der Waals surface area contributed by atoms with Gasteiger partial charge in [0.2, 0.25) is 0 Å². The highest BCUT2D eigenvalue weighted by atomic mass is 19.1. The third-order valence-electron chi connectivity index (χ3n) is 6.78. The molecule has 0 radical (unpaired) electrons. The van der Waals surface area contributed by atoms with Gasteiger partial charge >= 0.3 is 0 Å². The van der Waals surface area contributed by atoms with Gasteiger partial charge in [0.25, 0.3) is 0 Å². The molecule has 0 amide bonds. The SMILES string of the molecule is CC1CCC(CCCCC2CCC(c3cccc(F)c3)CC2)CC1. The summed E-state index contributed by atoms with van der Waals surface area (Å²) in [5, 5.41) is 0. The van der Waals surface area contributed by atoms with Crippen LogP contribution in [0.1, 0.15) is 95.5 Å². The third-order valence-corrected chi connectivity index (χ3v) is 6.78. The van der Waals surface area contributed by atoms with Crippen LogP contribution >= 0.6 is 0 Å². The van der Waals surface area contributed by atoms with Gasteiger partial charge in [-0.1, -0.05) is 70.4 Å². The van der Waals surface area contributed by atoms with Crippen LogP contribution in [0.2, 0.25) is 0 Å². The average Bonchev–Trinajstić information content (AvgIpc) is 2.61. The van der Waals surface area contributed by atoms with E-state index in [0.717, 1.165) is 17.8 Å². The first kappa shape index (κ1) is 18.0. The molecule has 0 bridgehead atoms. The summed E-state index contributed by atoms with van der Waals surface area (Å²) in [5.74, 6) is 3.47. The lowest BCUT2D eigenvalue weighted by molar-refractivity contribution is 0.262. The minimum Gasteiger partial charge on any atom is -0.207 e. The number of benzene rings is 1. The maximum Gasteiger partial charge on any atom is 0.123 e. The van der Waals surface area contributed by atoms with Gasteiger partial charge in [0.15, 0.2) is 0 Å². The van der Waals surface area contributed by atoms with Gasteiger partial charge in [-0.05, 0) is 67.1 Å². The Morgan fingerprint density at radius 2 is 1.42 bits per heavy atom. The topological polar surface area (TPSA) is 0 Å². The minimum atomic E-state index is -0.0771. The molecule has 1 aromatic carbocycles. The molecule has 2 fully saturated rings. The standard InChI is InChI=1S/C23H35F/c1-18-9-11-19(12-10-18)5-2-3-6-20-13-15-21(16-14-20)22-7-4-8-23(24)17-22/h4,7-8,17-21H,2-3,5-6,9-16H2,1H3. The maximum absolute atomic E-state index is 13.4. The van der Waals surface area contributed by atoms with Crippen molar-refractivity contribution in [1.82, 2.24) is 0 Å². The van der Waals surface area contributed by atoms with Gasteiger partial charge in [-0.15, -0.1) is 0 Å². The van der Waals surface area contributed by atoms with Crippen LogP contribution in [-0.4, -0.2) is 0 Å². The van der Waals surface area contributed by atoms with Gasteiger partial charge in [-0.3, -0.25) is 0 Å². The van der Waals surface area contributed by atoms with Crippen LogP contribution in [-0.2, 0) is 0 Å². The summed E-state index contributed by atoms with van der Waals surface area (Å²) in [6.45, 7) is 2.41. The van der Waals surface area contributed by atoms with Gasteiger partial charge in [0, 0.05) is 0 Å². The highest BCUT2D eigenvalue weighted by molar-refractivity contribution is 5.21. The minimum absolute atomic E-state index is 0.0771. The molecule has 0 atom stereocenters. The van der Waals surface area contributed by atoms with E-state index in [1.807, 2.05) is 6.07 Å². The zero-order valence-electron chi connectivity index (χ0n) is 15.5. The molecular weight excluding hydrogens is 295 g/mol. The van der Waals surface area contributed by atoms with Crippen molar-refractivity contribution in [3.8, 4) is 0 Å². The van der Waals surface area contributed by atoms with Gasteiger partial charge in [0.1, 0.15) is 5.82 Å². The second kappa shape index (κ2) is 9.02. The first-order chi connectivity index (χ1) is 11.7. The van der Waals surface area contributed by atoms with Crippen LogP contribution in [0.4, 0.5) is 4.39 Å². The molecule has 2 aliphatic carbocycles. The molecule has 0 N–H and O–H groups in total. The van der Waals surface area contributed by atoms with E-state index in [9.17, 15) is 4.39 Å². The Balaban J connectivity index is 1.30. The molecule has 24 heavy (non-hydrogen) atoms. The van der Waals surface area contributed by atoms with Gasteiger partial charge < -0.3 is 0 Å². The van der Waals surface area contributed by atoms with Crippen LogP contribution in [0.5, 0.6) is 0 Å². The molecule has 0 spiro atoms. The van der Waals surface area contributed by atoms with Crippen molar-refractivity contribution in [2.45, 2.75) is 89.9 Å². The summed E-state index contributed by atoms with van der Waals surface area (Å²) in [7, 11) is 0. The number of hydrogen-bond donors (Lipinski definition) is 0. The molecule has 2 aliphatic rings. The lowest BCUT2D eigenvalue weighted by atomic mass is 9.76. The summed E-state index contributed by atoms with van der Waals surface area (Å²) >= 11 is 0. The number of rotatable bonds is 6. The Hall–Kier alpha value is -0.850. The van der Waals surface area contributed by atoms with E-state index in [4.69, 9.17) is 0 Å². The van der Waals surface area contributed by atoms with E-state index >= 15 is 0 Å². The van der Waals surface area contributed by atoms with Crippen LogP contribution in [0.25, 0.3) is 0 Å². The molecular formula is C23H35F. The smallest absolute Gasteiger partial charge is 0.123 e. The Morgan fingerprint density at radius 1 is 0.833 bits per heavy atom. The lowest BCUT2D eigenvalue weighted by Crippen LogP contribution is -2.14. The van der Waals surface area contributed by atoms with Crippen molar-refractivity contribution in [3.05, 3.63) is 35.6 Å². The fourth-order valence-electron chi connectivity index (χ4n) is 5.03. The molecule has 1 heteroatoms. The van der Waals surface area contributed by atoms with Crippen molar-refractivity contribution < 1.29 is 4.39 Å². The largest absolute Gasteiger partial charge is 0.207 e. The van der Waals surface area contributed by atoms with Crippen LogP contribution in [0, 0.1) is 23.6 Å². The molecule has 0 unspecified atom stereocenters. The highest BCUT2D eigenvalue weighted by Crippen LogP contribution is 2.38. The van der Waals surface area contributed by atoms with Crippen molar-refractivity contribution in [2.24, 2.45) is 17.8 Å². The molecule has 1 aromatic rings. The molecule has 3 rings (SSSR count). The molecule has 134 valence electrons. The van der Waals surface area contributed by atoms with E-state index in [2.05, 4.69) is 13.0 Å².